The average molecular weight is 405 g/mol. The van der Waals surface area contributed by atoms with Crippen molar-refractivity contribution >= 4 is 34.0 Å². The highest BCUT2D eigenvalue weighted by atomic mass is 35.5. The van der Waals surface area contributed by atoms with Crippen LogP contribution < -0.4 is 0 Å². The highest BCUT2D eigenvalue weighted by molar-refractivity contribution is 6.31. The lowest BCUT2D eigenvalue weighted by Gasteiger charge is -2.31. The predicted octanol–water partition coefficient (Wildman–Crippen LogP) is 5.49. The van der Waals surface area contributed by atoms with Crippen molar-refractivity contribution in [1.82, 2.24) is 9.88 Å². The number of aromatic amines is 1. The summed E-state index contributed by atoms with van der Waals surface area (Å²) >= 11 is 6.10. The number of amides is 1. The van der Waals surface area contributed by atoms with Crippen molar-refractivity contribution in [3.05, 3.63) is 76.5 Å². The second-order valence-electron chi connectivity index (χ2n) is 8.38. The van der Waals surface area contributed by atoms with Gasteiger partial charge in [0.1, 0.15) is 0 Å². The fourth-order valence-corrected chi connectivity index (χ4v) is 5.09. The van der Waals surface area contributed by atoms with Gasteiger partial charge in [-0.15, -0.1) is 0 Å². The zero-order valence-corrected chi connectivity index (χ0v) is 17.4. The average Bonchev–Trinajstić information content (AvgIpc) is 3.36. The van der Waals surface area contributed by atoms with Crippen molar-refractivity contribution in [3.63, 3.8) is 0 Å². The number of hydrogen-bond donors (Lipinski definition) is 1. The summed E-state index contributed by atoms with van der Waals surface area (Å²) in [6.07, 6.45) is 7.21. The third kappa shape index (κ3) is 3.38. The van der Waals surface area contributed by atoms with Gasteiger partial charge in [0, 0.05) is 46.7 Å². The summed E-state index contributed by atoms with van der Waals surface area (Å²) in [7, 11) is 0. The third-order valence-corrected chi connectivity index (χ3v) is 6.92. The van der Waals surface area contributed by atoms with E-state index in [1.54, 1.807) is 0 Å². The summed E-state index contributed by atoms with van der Waals surface area (Å²) in [6, 6.07) is 14.6. The van der Waals surface area contributed by atoms with Crippen LogP contribution in [0.1, 0.15) is 30.0 Å². The first-order valence-corrected chi connectivity index (χ1v) is 10.8. The van der Waals surface area contributed by atoms with Crippen molar-refractivity contribution < 1.29 is 4.79 Å². The third-order valence-electron chi connectivity index (χ3n) is 6.69. The highest BCUT2D eigenvalue weighted by Crippen LogP contribution is 2.34. The normalized spacial score (nSPS) is 18.0. The molecular weight excluding hydrogens is 380 g/mol. The lowest BCUT2D eigenvalue weighted by atomic mass is 9.89. The number of H-pyrrole nitrogens is 1. The van der Waals surface area contributed by atoms with Gasteiger partial charge in [-0.25, -0.2) is 0 Å². The zero-order chi connectivity index (χ0) is 20.0. The number of benzene rings is 2. The van der Waals surface area contributed by atoms with Gasteiger partial charge >= 0.3 is 0 Å². The van der Waals surface area contributed by atoms with E-state index in [4.69, 9.17) is 11.6 Å². The van der Waals surface area contributed by atoms with Crippen LogP contribution in [0.3, 0.4) is 0 Å². The number of carbonyl (C=O) groups is 1. The topological polar surface area (TPSA) is 36.1 Å². The van der Waals surface area contributed by atoms with Crippen molar-refractivity contribution in [2.24, 2.45) is 11.8 Å². The Morgan fingerprint density at radius 3 is 2.62 bits per heavy atom. The molecule has 1 amide bonds. The van der Waals surface area contributed by atoms with Crippen LogP contribution in [-0.2, 0) is 17.6 Å². The molecule has 1 N–H and O–H groups in total. The Labute approximate surface area is 176 Å². The number of carbonyl (C=O) groups excluding carboxylic acids is 1. The maximum absolute atomic E-state index is 13.2. The number of halogens is 1. The Balaban J connectivity index is 1.28. The molecule has 3 aromatic rings. The fourth-order valence-electron chi connectivity index (χ4n) is 4.91. The molecule has 2 aliphatic rings. The minimum absolute atomic E-state index is 0.0626. The molecule has 1 aromatic heterocycles. The van der Waals surface area contributed by atoms with E-state index in [0.29, 0.717) is 18.4 Å². The molecule has 1 atom stereocenters. The van der Waals surface area contributed by atoms with Gasteiger partial charge in [0.05, 0.1) is 0 Å². The van der Waals surface area contributed by atoms with Crippen LogP contribution >= 0.6 is 11.6 Å². The Kier molecular flexibility index (Phi) is 4.71. The lowest BCUT2D eigenvalue weighted by molar-refractivity contribution is -0.136. The molecule has 2 heterocycles. The first kappa shape index (κ1) is 18.5. The summed E-state index contributed by atoms with van der Waals surface area (Å²) in [5.74, 6) is 0.778. The summed E-state index contributed by atoms with van der Waals surface area (Å²) in [6.45, 7) is 3.59. The van der Waals surface area contributed by atoms with Gasteiger partial charge in [0.15, 0.2) is 0 Å². The standard InChI is InChI=1S/C25H25ClN2O/c1-16(20-12-18-4-2-3-5-19(18)13-20)25(29)28-10-8-17(9-11-28)23-15-27-24-14-21(26)6-7-22(23)24/h2-8,14-16,20,27H,9-13H2,1H3. The Morgan fingerprint density at radius 2 is 1.93 bits per heavy atom. The van der Waals surface area contributed by atoms with Crippen LogP contribution in [0.2, 0.25) is 5.02 Å². The molecule has 0 spiro atoms. The van der Waals surface area contributed by atoms with E-state index >= 15 is 0 Å². The lowest BCUT2D eigenvalue weighted by Crippen LogP contribution is -2.40. The van der Waals surface area contributed by atoms with Crippen molar-refractivity contribution in [2.45, 2.75) is 26.2 Å². The summed E-state index contributed by atoms with van der Waals surface area (Å²) in [5.41, 5.74) is 6.42. The molecule has 1 unspecified atom stereocenters. The minimum Gasteiger partial charge on any atom is -0.361 e. The predicted molar refractivity (Wildman–Crippen MR) is 119 cm³/mol. The highest BCUT2D eigenvalue weighted by Gasteiger charge is 2.32. The van der Waals surface area contributed by atoms with Gasteiger partial charge < -0.3 is 9.88 Å². The van der Waals surface area contributed by atoms with E-state index < -0.39 is 0 Å². The second kappa shape index (κ2) is 7.38. The molecule has 2 aromatic carbocycles. The van der Waals surface area contributed by atoms with Crippen LogP contribution in [-0.4, -0.2) is 28.9 Å². The largest absolute Gasteiger partial charge is 0.361 e. The van der Waals surface area contributed by atoms with E-state index in [2.05, 4.69) is 54.5 Å². The van der Waals surface area contributed by atoms with E-state index in [-0.39, 0.29) is 5.92 Å². The molecule has 0 saturated heterocycles. The zero-order valence-electron chi connectivity index (χ0n) is 16.6. The quantitative estimate of drug-likeness (QED) is 0.615. The van der Waals surface area contributed by atoms with Gasteiger partial charge in [-0.2, -0.15) is 0 Å². The minimum atomic E-state index is 0.0626. The first-order chi connectivity index (χ1) is 14.1. The molecule has 0 bridgehead atoms. The summed E-state index contributed by atoms with van der Waals surface area (Å²) in [5, 5.41) is 1.93. The van der Waals surface area contributed by atoms with E-state index in [1.165, 1.54) is 27.6 Å². The Morgan fingerprint density at radius 1 is 1.17 bits per heavy atom. The summed E-state index contributed by atoms with van der Waals surface area (Å²) < 4.78 is 0. The summed E-state index contributed by atoms with van der Waals surface area (Å²) in [4.78, 5) is 18.5. The van der Waals surface area contributed by atoms with E-state index in [0.717, 1.165) is 36.3 Å². The van der Waals surface area contributed by atoms with Crippen LogP contribution in [0.5, 0.6) is 0 Å². The monoisotopic (exact) mass is 404 g/mol. The number of aromatic nitrogens is 1. The molecule has 0 fully saturated rings. The Bertz CT molecular complexity index is 1090. The van der Waals surface area contributed by atoms with Crippen molar-refractivity contribution in [1.29, 1.82) is 0 Å². The van der Waals surface area contributed by atoms with Gasteiger partial charge in [0.2, 0.25) is 5.91 Å². The second-order valence-corrected chi connectivity index (χ2v) is 8.82. The van der Waals surface area contributed by atoms with Gasteiger partial charge in [-0.3, -0.25) is 4.79 Å². The van der Waals surface area contributed by atoms with Crippen LogP contribution in [0, 0.1) is 11.8 Å². The van der Waals surface area contributed by atoms with Crippen LogP contribution in [0.4, 0.5) is 0 Å². The van der Waals surface area contributed by atoms with Gasteiger partial charge in [-0.05, 0) is 54.0 Å². The van der Waals surface area contributed by atoms with Crippen molar-refractivity contribution in [2.75, 3.05) is 13.1 Å². The smallest absolute Gasteiger partial charge is 0.225 e. The number of fused-ring (bicyclic) bond motifs is 2. The molecule has 29 heavy (non-hydrogen) atoms. The molecule has 0 radical (unpaired) electrons. The molecule has 4 heteroatoms. The number of rotatable bonds is 3. The first-order valence-electron chi connectivity index (χ1n) is 10.4. The Hall–Kier alpha value is -2.52. The number of nitrogens with one attached hydrogen (secondary N) is 1. The maximum atomic E-state index is 13.2. The SMILES string of the molecule is CC(C(=O)N1CC=C(c2c[nH]c3cc(Cl)ccc23)CC1)C1Cc2ccccc2C1. The molecule has 1 aliphatic heterocycles. The molecule has 148 valence electrons. The van der Waals surface area contributed by atoms with Crippen LogP contribution in [0.25, 0.3) is 16.5 Å². The fraction of sp³-hybridized carbons (Fsp3) is 0.320. The molecule has 5 rings (SSSR count). The van der Waals surface area contributed by atoms with Gasteiger partial charge in [-0.1, -0.05) is 54.9 Å². The van der Waals surface area contributed by atoms with Crippen molar-refractivity contribution in [3.8, 4) is 0 Å². The van der Waals surface area contributed by atoms with Crippen LogP contribution in [0.15, 0.2) is 54.7 Å². The molecule has 0 saturated carbocycles. The molecule has 3 nitrogen and oxygen atoms in total. The molecular formula is C25H25ClN2O. The molecule has 1 aliphatic carbocycles. The maximum Gasteiger partial charge on any atom is 0.225 e. The number of hydrogen-bond acceptors (Lipinski definition) is 1. The van der Waals surface area contributed by atoms with E-state index in [9.17, 15) is 4.79 Å². The van der Waals surface area contributed by atoms with Gasteiger partial charge in [0.25, 0.3) is 0 Å². The number of nitrogens with zero attached hydrogens (tertiary/aromatic N) is 1. The van der Waals surface area contributed by atoms with E-state index in [1.807, 2.05) is 17.0 Å².